The fourth-order valence-corrected chi connectivity index (χ4v) is 1.63. The number of halogens is 1. The first kappa shape index (κ1) is 9.83. The highest BCUT2D eigenvalue weighted by Crippen LogP contribution is 2.05. The van der Waals surface area contributed by atoms with Crippen LogP contribution >= 0.6 is 11.6 Å². The Labute approximate surface area is 88.3 Å². The highest BCUT2D eigenvalue weighted by molar-refractivity contribution is 6.29. The lowest BCUT2D eigenvalue weighted by Gasteiger charge is -2.26. The molecule has 0 aliphatic carbocycles. The number of nitrogens with one attached hydrogen (secondary N) is 1. The van der Waals surface area contributed by atoms with Crippen molar-refractivity contribution in [2.75, 3.05) is 26.2 Å². The van der Waals surface area contributed by atoms with Crippen LogP contribution in [0, 0.1) is 0 Å². The third-order valence-electron chi connectivity index (χ3n) is 2.28. The topological polar surface area (TPSA) is 41.0 Å². The molecule has 0 amide bonds. The maximum absolute atomic E-state index is 5.66. The lowest BCUT2D eigenvalue weighted by atomic mass is 10.3. The molecule has 1 fully saturated rings. The van der Waals surface area contributed by atoms with Gasteiger partial charge in [0.25, 0.3) is 0 Å². The number of nitrogens with zero attached hydrogens (tertiary/aromatic N) is 3. The summed E-state index contributed by atoms with van der Waals surface area (Å²) >= 11 is 5.66. The smallest absolute Gasteiger partial charge is 0.151 e. The van der Waals surface area contributed by atoms with E-state index in [0.717, 1.165) is 38.4 Å². The van der Waals surface area contributed by atoms with E-state index in [-0.39, 0.29) is 0 Å². The minimum atomic E-state index is 0.453. The monoisotopic (exact) mass is 212 g/mol. The van der Waals surface area contributed by atoms with Crippen LogP contribution in [-0.2, 0) is 6.54 Å². The highest BCUT2D eigenvalue weighted by Gasteiger charge is 2.10. The molecule has 76 valence electrons. The third-order valence-corrected chi connectivity index (χ3v) is 2.48. The summed E-state index contributed by atoms with van der Waals surface area (Å²) in [4.78, 5) is 2.36. The summed E-state index contributed by atoms with van der Waals surface area (Å²) < 4.78 is 0. The average molecular weight is 213 g/mol. The van der Waals surface area contributed by atoms with Crippen LogP contribution in [0.1, 0.15) is 5.69 Å². The zero-order chi connectivity index (χ0) is 9.80. The first-order valence-electron chi connectivity index (χ1n) is 4.76. The van der Waals surface area contributed by atoms with Gasteiger partial charge in [-0.2, -0.15) is 5.10 Å². The van der Waals surface area contributed by atoms with Gasteiger partial charge in [-0.15, -0.1) is 5.10 Å². The van der Waals surface area contributed by atoms with Crippen LogP contribution in [0.15, 0.2) is 12.1 Å². The van der Waals surface area contributed by atoms with Gasteiger partial charge in [0, 0.05) is 32.7 Å². The van der Waals surface area contributed by atoms with Crippen molar-refractivity contribution >= 4 is 11.6 Å². The van der Waals surface area contributed by atoms with Gasteiger partial charge in [-0.05, 0) is 12.1 Å². The molecule has 1 aromatic heterocycles. The van der Waals surface area contributed by atoms with E-state index >= 15 is 0 Å². The third kappa shape index (κ3) is 2.64. The van der Waals surface area contributed by atoms with Crippen LogP contribution in [-0.4, -0.2) is 41.3 Å². The Kier molecular flexibility index (Phi) is 3.29. The van der Waals surface area contributed by atoms with Crippen molar-refractivity contribution in [1.82, 2.24) is 20.4 Å². The van der Waals surface area contributed by atoms with Crippen LogP contribution in [0.2, 0.25) is 5.15 Å². The van der Waals surface area contributed by atoms with Gasteiger partial charge in [-0.3, -0.25) is 4.90 Å². The van der Waals surface area contributed by atoms with Gasteiger partial charge in [0.15, 0.2) is 5.15 Å². The van der Waals surface area contributed by atoms with E-state index in [1.807, 2.05) is 6.07 Å². The first-order chi connectivity index (χ1) is 6.84. The molecule has 0 spiro atoms. The molecule has 4 nitrogen and oxygen atoms in total. The Morgan fingerprint density at radius 1 is 1.29 bits per heavy atom. The SMILES string of the molecule is Clc1ccc(CN2CCNCC2)nn1. The Balaban J connectivity index is 1.92. The zero-order valence-corrected chi connectivity index (χ0v) is 8.67. The molecule has 0 radical (unpaired) electrons. The van der Waals surface area contributed by atoms with Gasteiger partial charge < -0.3 is 5.32 Å². The molecule has 1 saturated heterocycles. The molecular weight excluding hydrogens is 200 g/mol. The maximum Gasteiger partial charge on any atom is 0.151 e. The van der Waals surface area contributed by atoms with Crippen LogP contribution < -0.4 is 5.32 Å². The van der Waals surface area contributed by atoms with Gasteiger partial charge in [0.2, 0.25) is 0 Å². The molecule has 2 rings (SSSR count). The van der Waals surface area contributed by atoms with Gasteiger partial charge >= 0.3 is 0 Å². The molecule has 1 aliphatic heterocycles. The van der Waals surface area contributed by atoms with Crippen molar-refractivity contribution < 1.29 is 0 Å². The molecule has 14 heavy (non-hydrogen) atoms. The lowest BCUT2D eigenvalue weighted by molar-refractivity contribution is 0.230. The molecule has 5 heteroatoms. The summed E-state index contributed by atoms with van der Waals surface area (Å²) in [7, 11) is 0. The van der Waals surface area contributed by atoms with E-state index in [1.165, 1.54) is 0 Å². The van der Waals surface area contributed by atoms with Crippen molar-refractivity contribution in [2.45, 2.75) is 6.54 Å². The molecule has 0 unspecified atom stereocenters. The standard InChI is InChI=1S/C9H13ClN4/c10-9-2-1-8(12-13-9)7-14-5-3-11-4-6-14/h1-2,11H,3-7H2. The van der Waals surface area contributed by atoms with Gasteiger partial charge in [-0.25, -0.2) is 0 Å². The van der Waals surface area contributed by atoms with E-state index in [2.05, 4.69) is 20.4 Å². The number of rotatable bonds is 2. The number of aromatic nitrogens is 2. The van der Waals surface area contributed by atoms with Gasteiger partial charge in [0.1, 0.15) is 0 Å². The molecule has 1 N–H and O–H groups in total. The average Bonchev–Trinajstić information content (AvgIpc) is 2.23. The molecular formula is C9H13ClN4. The van der Waals surface area contributed by atoms with Crippen LogP contribution in [0.5, 0.6) is 0 Å². The number of hydrogen-bond donors (Lipinski definition) is 1. The summed E-state index contributed by atoms with van der Waals surface area (Å²) in [6.45, 7) is 5.13. The second kappa shape index (κ2) is 4.68. The summed E-state index contributed by atoms with van der Waals surface area (Å²) in [5.74, 6) is 0. The fourth-order valence-electron chi connectivity index (χ4n) is 1.53. The first-order valence-corrected chi connectivity index (χ1v) is 5.13. The van der Waals surface area contributed by atoms with E-state index in [1.54, 1.807) is 6.07 Å². The lowest BCUT2D eigenvalue weighted by Crippen LogP contribution is -2.43. The summed E-state index contributed by atoms with van der Waals surface area (Å²) in [5, 5.41) is 11.6. The van der Waals surface area contributed by atoms with Crippen molar-refractivity contribution in [3.63, 3.8) is 0 Å². The van der Waals surface area contributed by atoms with Crippen molar-refractivity contribution in [3.05, 3.63) is 23.0 Å². The molecule has 2 heterocycles. The zero-order valence-electron chi connectivity index (χ0n) is 7.91. The fraction of sp³-hybridized carbons (Fsp3) is 0.556. The van der Waals surface area contributed by atoms with E-state index in [0.29, 0.717) is 5.15 Å². The number of hydrogen-bond acceptors (Lipinski definition) is 4. The second-order valence-corrected chi connectivity index (χ2v) is 3.76. The van der Waals surface area contributed by atoms with Gasteiger partial charge in [0.05, 0.1) is 5.69 Å². The largest absolute Gasteiger partial charge is 0.314 e. The molecule has 0 bridgehead atoms. The van der Waals surface area contributed by atoms with Crippen molar-refractivity contribution in [1.29, 1.82) is 0 Å². The predicted octanol–water partition coefficient (Wildman–Crippen LogP) is 0.535. The van der Waals surface area contributed by atoms with E-state index in [9.17, 15) is 0 Å². The van der Waals surface area contributed by atoms with E-state index in [4.69, 9.17) is 11.6 Å². The summed E-state index contributed by atoms with van der Waals surface area (Å²) in [5.41, 5.74) is 0.983. The Bertz CT molecular complexity index is 281. The molecule has 1 aromatic rings. The minimum Gasteiger partial charge on any atom is -0.314 e. The van der Waals surface area contributed by atoms with Crippen LogP contribution in [0.4, 0.5) is 0 Å². The minimum absolute atomic E-state index is 0.453. The quantitative estimate of drug-likeness (QED) is 0.777. The molecule has 0 saturated carbocycles. The highest BCUT2D eigenvalue weighted by atomic mass is 35.5. The normalized spacial score (nSPS) is 18.4. The Morgan fingerprint density at radius 3 is 2.71 bits per heavy atom. The Hall–Kier alpha value is -0.710. The van der Waals surface area contributed by atoms with Gasteiger partial charge in [-0.1, -0.05) is 11.6 Å². The molecule has 0 atom stereocenters. The predicted molar refractivity (Wildman–Crippen MR) is 55.2 cm³/mol. The Morgan fingerprint density at radius 2 is 2.07 bits per heavy atom. The van der Waals surface area contributed by atoms with Crippen LogP contribution in [0.3, 0.4) is 0 Å². The van der Waals surface area contributed by atoms with Crippen molar-refractivity contribution in [2.24, 2.45) is 0 Å². The molecule has 0 aromatic carbocycles. The van der Waals surface area contributed by atoms with Crippen LogP contribution in [0.25, 0.3) is 0 Å². The second-order valence-electron chi connectivity index (χ2n) is 3.37. The number of piperazine rings is 1. The summed E-state index contributed by atoms with van der Waals surface area (Å²) in [6.07, 6.45) is 0. The molecule has 1 aliphatic rings. The summed E-state index contributed by atoms with van der Waals surface area (Å²) in [6, 6.07) is 3.71. The maximum atomic E-state index is 5.66. The van der Waals surface area contributed by atoms with E-state index < -0.39 is 0 Å². The van der Waals surface area contributed by atoms with Crippen molar-refractivity contribution in [3.8, 4) is 0 Å².